The Balaban J connectivity index is 2.03. The summed E-state index contributed by atoms with van der Waals surface area (Å²) in [6, 6.07) is 4.87. The fourth-order valence-corrected chi connectivity index (χ4v) is 2.60. The highest BCUT2D eigenvalue weighted by Gasteiger charge is 2.21. The average Bonchev–Trinajstić information content (AvgIpc) is 2.45. The van der Waals surface area contributed by atoms with Gasteiger partial charge < -0.3 is 15.5 Å². The van der Waals surface area contributed by atoms with E-state index in [1.807, 2.05) is 6.07 Å². The molecule has 5 nitrogen and oxygen atoms in total. The Morgan fingerprint density at radius 1 is 1.29 bits per heavy atom. The van der Waals surface area contributed by atoms with Gasteiger partial charge in [-0.1, -0.05) is 6.07 Å². The summed E-state index contributed by atoms with van der Waals surface area (Å²) in [6.07, 6.45) is 0. The second kappa shape index (κ2) is 6.87. The molecule has 0 unspecified atom stereocenters. The number of nitrogens with one attached hydrogen (secondary N) is 1. The summed E-state index contributed by atoms with van der Waals surface area (Å²) < 4.78 is 13.9. The number of nitrogens with zero attached hydrogens (tertiary/aromatic N) is 3. The normalized spacial score (nSPS) is 16.5. The summed E-state index contributed by atoms with van der Waals surface area (Å²) in [5.41, 5.74) is 6.48. The largest absolute Gasteiger partial charge is 0.384 e. The first-order valence-corrected chi connectivity index (χ1v) is 7.24. The van der Waals surface area contributed by atoms with E-state index in [2.05, 4.69) is 28.8 Å². The molecule has 1 aromatic carbocycles. The van der Waals surface area contributed by atoms with Crippen LogP contribution in [0.3, 0.4) is 0 Å². The minimum absolute atomic E-state index is 0.210. The highest BCUT2D eigenvalue weighted by Crippen LogP contribution is 2.24. The molecule has 0 atom stereocenters. The molecule has 0 spiro atoms. The predicted octanol–water partition coefficient (Wildman–Crippen LogP) is 0.793. The van der Waals surface area contributed by atoms with E-state index in [-0.39, 0.29) is 11.4 Å². The molecule has 0 saturated carbocycles. The second-order valence-corrected chi connectivity index (χ2v) is 5.68. The van der Waals surface area contributed by atoms with Gasteiger partial charge in [-0.05, 0) is 26.2 Å². The molecule has 116 valence electrons. The molecule has 1 heterocycles. The number of hydrogen-bond donors (Lipinski definition) is 2. The molecule has 1 saturated heterocycles. The summed E-state index contributed by atoms with van der Waals surface area (Å²) in [7, 11) is 4.14. The van der Waals surface area contributed by atoms with Crippen LogP contribution in [0, 0.1) is 11.2 Å². The van der Waals surface area contributed by atoms with Crippen molar-refractivity contribution in [2.24, 2.45) is 5.73 Å². The van der Waals surface area contributed by atoms with Crippen LogP contribution in [0.2, 0.25) is 0 Å². The molecule has 6 heteroatoms. The first kappa shape index (κ1) is 15.7. The molecule has 1 aliphatic heterocycles. The number of anilines is 1. The number of nitrogens with two attached hydrogens (primary N) is 1. The molecular weight excluding hydrogens is 269 g/mol. The van der Waals surface area contributed by atoms with Crippen LogP contribution in [0.1, 0.15) is 5.56 Å². The van der Waals surface area contributed by atoms with Gasteiger partial charge in [0.05, 0.1) is 11.3 Å². The molecule has 0 radical (unpaired) electrons. The maximum Gasteiger partial charge on any atom is 0.136 e. The third-order valence-electron chi connectivity index (χ3n) is 3.84. The van der Waals surface area contributed by atoms with E-state index in [4.69, 9.17) is 11.1 Å². The van der Waals surface area contributed by atoms with E-state index < -0.39 is 5.82 Å². The van der Waals surface area contributed by atoms with Crippen LogP contribution in [0.25, 0.3) is 0 Å². The fourth-order valence-electron chi connectivity index (χ4n) is 2.60. The Morgan fingerprint density at radius 3 is 2.52 bits per heavy atom. The van der Waals surface area contributed by atoms with Gasteiger partial charge in [0.1, 0.15) is 11.7 Å². The lowest BCUT2D eigenvalue weighted by atomic mass is 10.1. The standard InChI is InChI=1S/C15H24FN5/c1-19(2)6-7-20-8-10-21(11-9-20)13-5-3-4-12(16)14(13)15(17)18/h3-5H,6-11H2,1-2H3,(H3,17,18). The Labute approximate surface area is 125 Å². The minimum Gasteiger partial charge on any atom is -0.384 e. The fraction of sp³-hybridized carbons (Fsp3) is 0.533. The summed E-state index contributed by atoms with van der Waals surface area (Å²) >= 11 is 0. The van der Waals surface area contributed by atoms with Crippen LogP contribution in [0.15, 0.2) is 18.2 Å². The van der Waals surface area contributed by atoms with Crippen LogP contribution in [-0.4, -0.2) is 69.0 Å². The van der Waals surface area contributed by atoms with Crippen LogP contribution < -0.4 is 10.6 Å². The highest BCUT2D eigenvalue weighted by molar-refractivity contribution is 6.00. The first-order chi connectivity index (χ1) is 9.99. The van der Waals surface area contributed by atoms with E-state index in [0.717, 1.165) is 45.0 Å². The van der Waals surface area contributed by atoms with E-state index in [1.54, 1.807) is 6.07 Å². The van der Waals surface area contributed by atoms with Crippen molar-refractivity contribution in [2.45, 2.75) is 0 Å². The summed E-state index contributed by atoms with van der Waals surface area (Å²) in [5.74, 6) is -0.631. The van der Waals surface area contributed by atoms with Gasteiger partial charge in [-0.25, -0.2) is 4.39 Å². The molecule has 0 aliphatic carbocycles. The molecule has 0 aromatic heterocycles. The maximum absolute atomic E-state index is 13.9. The van der Waals surface area contributed by atoms with Gasteiger partial charge >= 0.3 is 0 Å². The summed E-state index contributed by atoms with van der Waals surface area (Å²) in [5, 5.41) is 7.58. The van der Waals surface area contributed by atoms with Crippen molar-refractivity contribution in [3.8, 4) is 0 Å². The SMILES string of the molecule is CN(C)CCN1CCN(c2cccc(F)c2C(=N)N)CC1. The summed E-state index contributed by atoms with van der Waals surface area (Å²) in [6.45, 7) is 5.64. The molecule has 2 rings (SSSR count). The zero-order valence-corrected chi connectivity index (χ0v) is 12.8. The number of nitrogen functional groups attached to an aromatic ring is 1. The van der Waals surface area contributed by atoms with Crippen LogP contribution in [0.4, 0.5) is 10.1 Å². The van der Waals surface area contributed by atoms with Crippen molar-refractivity contribution in [1.29, 1.82) is 5.41 Å². The van der Waals surface area contributed by atoms with Gasteiger partial charge in [-0.15, -0.1) is 0 Å². The molecule has 0 amide bonds. The average molecular weight is 293 g/mol. The summed E-state index contributed by atoms with van der Waals surface area (Å²) in [4.78, 5) is 6.70. The van der Waals surface area contributed by atoms with Gasteiger partial charge in [-0.2, -0.15) is 0 Å². The molecule has 0 bridgehead atoms. The molecule has 1 aliphatic rings. The van der Waals surface area contributed by atoms with Crippen molar-refractivity contribution in [2.75, 3.05) is 58.3 Å². The zero-order chi connectivity index (χ0) is 15.4. The smallest absolute Gasteiger partial charge is 0.136 e. The third-order valence-corrected chi connectivity index (χ3v) is 3.84. The van der Waals surface area contributed by atoms with Gasteiger partial charge in [0, 0.05) is 39.3 Å². The Kier molecular flexibility index (Phi) is 5.14. The molecule has 1 aromatic rings. The molecule has 3 N–H and O–H groups in total. The van der Waals surface area contributed by atoms with Crippen molar-refractivity contribution < 1.29 is 4.39 Å². The lowest BCUT2D eigenvalue weighted by molar-refractivity contribution is 0.229. The maximum atomic E-state index is 13.9. The van der Waals surface area contributed by atoms with Crippen LogP contribution >= 0.6 is 0 Å². The van der Waals surface area contributed by atoms with Crippen LogP contribution in [-0.2, 0) is 0 Å². The number of halogens is 1. The Morgan fingerprint density at radius 2 is 1.95 bits per heavy atom. The van der Waals surface area contributed by atoms with E-state index >= 15 is 0 Å². The quantitative estimate of drug-likeness (QED) is 0.622. The van der Waals surface area contributed by atoms with Crippen molar-refractivity contribution in [3.05, 3.63) is 29.6 Å². The van der Waals surface area contributed by atoms with Gasteiger partial charge in [0.2, 0.25) is 0 Å². The minimum atomic E-state index is -0.421. The monoisotopic (exact) mass is 293 g/mol. The number of likely N-dealkylation sites (N-methyl/N-ethyl adjacent to an activating group) is 1. The van der Waals surface area contributed by atoms with Crippen molar-refractivity contribution in [3.63, 3.8) is 0 Å². The lowest BCUT2D eigenvalue weighted by Crippen LogP contribution is -2.48. The Hall–Kier alpha value is -1.66. The van der Waals surface area contributed by atoms with E-state index in [0.29, 0.717) is 0 Å². The Bertz CT molecular complexity index is 495. The third kappa shape index (κ3) is 3.92. The number of amidine groups is 1. The zero-order valence-electron chi connectivity index (χ0n) is 12.8. The highest BCUT2D eigenvalue weighted by atomic mass is 19.1. The molecule has 1 fully saturated rings. The van der Waals surface area contributed by atoms with Gasteiger partial charge in [0.25, 0.3) is 0 Å². The predicted molar refractivity (Wildman–Crippen MR) is 84.6 cm³/mol. The van der Waals surface area contributed by atoms with Gasteiger partial charge in [0.15, 0.2) is 0 Å². The topological polar surface area (TPSA) is 59.6 Å². The lowest BCUT2D eigenvalue weighted by Gasteiger charge is -2.37. The first-order valence-electron chi connectivity index (χ1n) is 7.24. The number of benzene rings is 1. The molecule has 21 heavy (non-hydrogen) atoms. The van der Waals surface area contributed by atoms with Crippen molar-refractivity contribution >= 4 is 11.5 Å². The van der Waals surface area contributed by atoms with Crippen LogP contribution in [0.5, 0.6) is 0 Å². The van der Waals surface area contributed by atoms with E-state index in [9.17, 15) is 4.39 Å². The number of hydrogen-bond acceptors (Lipinski definition) is 4. The number of rotatable bonds is 5. The van der Waals surface area contributed by atoms with E-state index in [1.165, 1.54) is 6.07 Å². The molecular formula is C15H24FN5. The second-order valence-electron chi connectivity index (χ2n) is 5.68. The number of piperazine rings is 1. The van der Waals surface area contributed by atoms with Crippen molar-refractivity contribution in [1.82, 2.24) is 9.80 Å². The van der Waals surface area contributed by atoms with Gasteiger partial charge in [-0.3, -0.25) is 10.3 Å².